The molecule has 1 saturated heterocycles. The van der Waals surface area contributed by atoms with Crippen molar-refractivity contribution < 1.29 is 9.53 Å². The number of ether oxygens (including phenoxy) is 1. The molecule has 7 heteroatoms. The zero-order chi connectivity index (χ0) is 19.8. The molecule has 3 N–H and O–H groups in total. The lowest BCUT2D eigenvalue weighted by Crippen LogP contribution is -2.31. The van der Waals surface area contributed by atoms with Gasteiger partial charge in [0.2, 0.25) is 0 Å². The summed E-state index contributed by atoms with van der Waals surface area (Å²) in [4.78, 5) is 15.7. The number of urea groups is 1. The fraction of sp³-hybridized carbons (Fsp3) is 0.381. The highest BCUT2D eigenvalue weighted by Crippen LogP contribution is 2.20. The molecule has 0 unspecified atom stereocenters. The van der Waals surface area contributed by atoms with Crippen LogP contribution in [0.2, 0.25) is 5.02 Å². The quantitative estimate of drug-likeness (QED) is 0.691. The van der Waals surface area contributed by atoms with Gasteiger partial charge in [-0.3, -0.25) is 0 Å². The smallest absolute Gasteiger partial charge is 0.316 e. The summed E-state index contributed by atoms with van der Waals surface area (Å²) in [7, 11) is 0. The average molecular weight is 403 g/mol. The van der Waals surface area contributed by atoms with Gasteiger partial charge in [0.1, 0.15) is 5.75 Å². The van der Waals surface area contributed by atoms with Gasteiger partial charge in [-0.25, -0.2) is 4.79 Å². The van der Waals surface area contributed by atoms with E-state index in [-0.39, 0.29) is 0 Å². The Morgan fingerprint density at radius 1 is 1.04 bits per heavy atom. The van der Waals surface area contributed by atoms with Crippen molar-refractivity contribution in [3.05, 3.63) is 53.6 Å². The summed E-state index contributed by atoms with van der Waals surface area (Å²) in [6.07, 6.45) is 2.13. The number of rotatable bonds is 7. The SMILES string of the molecule is NC(=O)Nc1ccc(OCCCN2CCCN(c3ccc(Cl)cc3)CC2)cc1. The fourth-order valence-electron chi connectivity index (χ4n) is 3.36. The molecule has 0 radical (unpaired) electrons. The third-order valence-corrected chi connectivity index (χ3v) is 5.04. The number of amides is 2. The number of carbonyl (C=O) groups is 1. The lowest BCUT2D eigenvalue weighted by atomic mass is 10.2. The molecule has 150 valence electrons. The maximum absolute atomic E-state index is 10.8. The van der Waals surface area contributed by atoms with Crippen molar-refractivity contribution in [1.82, 2.24) is 4.90 Å². The summed E-state index contributed by atoms with van der Waals surface area (Å²) in [5.41, 5.74) is 7.00. The van der Waals surface area contributed by atoms with E-state index in [0.717, 1.165) is 56.3 Å². The largest absolute Gasteiger partial charge is 0.494 e. The number of benzene rings is 2. The average Bonchev–Trinajstić information content (AvgIpc) is 2.92. The van der Waals surface area contributed by atoms with Gasteiger partial charge in [-0.05, 0) is 67.9 Å². The number of hydrogen-bond donors (Lipinski definition) is 2. The summed E-state index contributed by atoms with van der Waals surface area (Å²) in [5, 5.41) is 3.31. The van der Waals surface area contributed by atoms with Crippen molar-refractivity contribution in [1.29, 1.82) is 0 Å². The Balaban J connectivity index is 1.37. The van der Waals surface area contributed by atoms with Crippen molar-refractivity contribution >= 4 is 29.0 Å². The first kappa shape index (κ1) is 20.3. The van der Waals surface area contributed by atoms with Crippen molar-refractivity contribution in [2.45, 2.75) is 12.8 Å². The Morgan fingerprint density at radius 3 is 2.50 bits per heavy atom. The first-order valence-corrected chi connectivity index (χ1v) is 10.0. The molecule has 6 nitrogen and oxygen atoms in total. The zero-order valence-corrected chi connectivity index (χ0v) is 16.7. The third kappa shape index (κ3) is 6.32. The molecule has 1 aliphatic heterocycles. The number of carbonyl (C=O) groups excluding carboxylic acids is 1. The summed E-state index contributed by atoms with van der Waals surface area (Å²) >= 11 is 5.99. The second-order valence-corrected chi connectivity index (χ2v) is 7.31. The predicted molar refractivity (Wildman–Crippen MR) is 114 cm³/mol. The van der Waals surface area contributed by atoms with E-state index in [9.17, 15) is 4.79 Å². The molecule has 0 atom stereocenters. The maximum Gasteiger partial charge on any atom is 0.316 e. The number of halogens is 1. The van der Waals surface area contributed by atoms with Gasteiger partial charge in [0.15, 0.2) is 0 Å². The predicted octanol–water partition coefficient (Wildman–Crippen LogP) is 3.81. The van der Waals surface area contributed by atoms with Gasteiger partial charge in [0, 0.05) is 42.6 Å². The number of anilines is 2. The Kier molecular flexibility index (Phi) is 7.39. The molecule has 2 aromatic carbocycles. The van der Waals surface area contributed by atoms with E-state index in [0.29, 0.717) is 12.3 Å². The Bertz CT molecular complexity index is 752. The van der Waals surface area contributed by atoms with Crippen LogP contribution in [0.25, 0.3) is 0 Å². The molecule has 1 heterocycles. The van der Waals surface area contributed by atoms with E-state index in [1.54, 1.807) is 12.1 Å². The molecule has 0 saturated carbocycles. The monoisotopic (exact) mass is 402 g/mol. The highest BCUT2D eigenvalue weighted by molar-refractivity contribution is 6.30. The summed E-state index contributed by atoms with van der Waals surface area (Å²) in [6, 6.07) is 14.7. The molecule has 2 aromatic rings. The maximum atomic E-state index is 10.8. The van der Waals surface area contributed by atoms with Crippen LogP contribution >= 0.6 is 11.6 Å². The van der Waals surface area contributed by atoms with Crippen LogP contribution in [0.3, 0.4) is 0 Å². The lowest BCUT2D eigenvalue weighted by molar-refractivity contribution is 0.244. The van der Waals surface area contributed by atoms with Gasteiger partial charge in [-0.2, -0.15) is 0 Å². The first-order valence-electron chi connectivity index (χ1n) is 9.62. The van der Waals surface area contributed by atoms with Crippen molar-refractivity contribution in [3.8, 4) is 5.75 Å². The van der Waals surface area contributed by atoms with Gasteiger partial charge in [0.05, 0.1) is 6.61 Å². The van der Waals surface area contributed by atoms with Crippen LogP contribution in [0.1, 0.15) is 12.8 Å². The Labute approximate surface area is 171 Å². The summed E-state index contributed by atoms with van der Waals surface area (Å²) < 4.78 is 5.80. The van der Waals surface area contributed by atoms with E-state index in [2.05, 4.69) is 27.2 Å². The second-order valence-electron chi connectivity index (χ2n) is 6.87. The molecule has 0 aliphatic carbocycles. The van der Waals surface area contributed by atoms with Crippen molar-refractivity contribution in [3.63, 3.8) is 0 Å². The zero-order valence-electron chi connectivity index (χ0n) is 15.9. The Morgan fingerprint density at radius 2 is 1.79 bits per heavy atom. The minimum Gasteiger partial charge on any atom is -0.494 e. The molecule has 0 spiro atoms. The van der Waals surface area contributed by atoms with E-state index < -0.39 is 6.03 Å². The van der Waals surface area contributed by atoms with Crippen LogP contribution in [0.5, 0.6) is 5.75 Å². The summed E-state index contributed by atoms with van der Waals surface area (Å²) in [6.45, 7) is 5.95. The number of nitrogens with zero attached hydrogens (tertiary/aromatic N) is 2. The number of primary amides is 1. The first-order chi connectivity index (χ1) is 13.6. The Hall–Kier alpha value is -2.44. The molecule has 2 amide bonds. The standard InChI is InChI=1S/C21H27ClN4O2/c22-17-3-7-19(8-4-17)26-13-1-11-25(14-15-26)12-2-16-28-20-9-5-18(6-10-20)24-21(23)27/h3-10H,1-2,11-16H2,(H3,23,24,27). The molecular formula is C21H27ClN4O2. The third-order valence-electron chi connectivity index (χ3n) is 4.79. The van der Waals surface area contributed by atoms with Crippen LogP contribution in [-0.2, 0) is 0 Å². The molecular weight excluding hydrogens is 376 g/mol. The minimum atomic E-state index is -0.569. The molecule has 0 bridgehead atoms. The van der Waals surface area contributed by atoms with Crippen molar-refractivity contribution in [2.75, 3.05) is 49.5 Å². The molecule has 3 rings (SSSR count). The van der Waals surface area contributed by atoms with Crippen molar-refractivity contribution in [2.24, 2.45) is 5.73 Å². The molecule has 28 heavy (non-hydrogen) atoms. The highest BCUT2D eigenvalue weighted by Gasteiger charge is 2.15. The molecule has 1 aliphatic rings. The van der Waals surface area contributed by atoms with E-state index >= 15 is 0 Å². The summed E-state index contributed by atoms with van der Waals surface area (Å²) in [5.74, 6) is 0.791. The fourth-order valence-corrected chi connectivity index (χ4v) is 3.49. The topological polar surface area (TPSA) is 70.8 Å². The highest BCUT2D eigenvalue weighted by atomic mass is 35.5. The van der Waals surface area contributed by atoms with Gasteiger partial charge in [-0.15, -0.1) is 0 Å². The van der Waals surface area contributed by atoms with E-state index in [4.69, 9.17) is 22.1 Å². The number of hydrogen-bond acceptors (Lipinski definition) is 4. The van der Waals surface area contributed by atoms with E-state index in [1.807, 2.05) is 24.3 Å². The minimum absolute atomic E-state index is 0.569. The van der Waals surface area contributed by atoms with Crippen LogP contribution in [0.4, 0.5) is 16.2 Å². The van der Waals surface area contributed by atoms with E-state index in [1.165, 1.54) is 5.69 Å². The van der Waals surface area contributed by atoms with Gasteiger partial charge in [-0.1, -0.05) is 11.6 Å². The second kappa shape index (κ2) is 10.2. The number of nitrogens with one attached hydrogen (secondary N) is 1. The van der Waals surface area contributed by atoms with Crippen LogP contribution in [0.15, 0.2) is 48.5 Å². The van der Waals surface area contributed by atoms with Gasteiger partial charge >= 0.3 is 6.03 Å². The lowest BCUT2D eigenvalue weighted by Gasteiger charge is -2.23. The number of nitrogens with two attached hydrogens (primary N) is 1. The van der Waals surface area contributed by atoms with Crippen LogP contribution in [-0.4, -0.2) is 50.3 Å². The van der Waals surface area contributed by atoms with Gasteiger partial charge < -0.3 is 25.6 Å². The molecule has 0 aromatic heterocycles. The molecule has 1 fully saturated rings. The van der Waals surface area contributed by atoms with Crippen LogP contribution in [0, 0.1) is 0 Å². The normalized spacial score (nSPS) is 15.1. The van der Waals surface area contributed by atoms with Gasteiger partial charge in [0.25, 0.3) is 0 Å². The van der Waals surface area contributed by atoms with Crippen LogP contribution < -0.4 is 20.7 Å².